The molecular formula is C30H33N5O5S2. The highest BCUT2D eigenvalue weighted by Crippen LogP contribution is 2.52. The number of carbonyl (C=O) groups is 1. The number of nitrogens with one attached hydrogen (secondary N) is 2. The second kappa shape index (κ2) is 11.8. The van der Waals surface area contributed by atoms with Crippen molar-refractivity contribution in [3.8, 4) is 11.3 Å². The molecule has 1 amide bonds. The Bertz CT molecular complexity index is 1540. The van der Waals surface area contributed by atoms with Gasteiger partial charge in [-0.05, 0) is 30.3 Å². The molecule has 3 fully saturated rings. The lowest BCUT2D eigenvalue weighted by atomic mass is 10.1. The summed E-state index contributed by atoms with van der Waals surface area (Å²) in [6, 6.07) is 16.5. The molecular weight excluding hydrogens is 574 g/mol. The van der Waals surface area contributed by atoms with Crippen molar-refractivity contribution in [1.29, 1.82) is 0 Å². The van der Waals surface area contributed by atoms with Crippen LogP contribution in [0.15, 0.2) is 72.9 Å². The standard InChI is InChI=1S/C30H33N5O5S2/c36-28-16-20(33-6-10-39-11-7-33)15-22(32-28)21-2-1-3-26-29(21)42-25-5-4-19(14-27(25)41-26)31-23-17-35(30(37)38)18-24(23)34-8-12-40-13-9-34/h1-5,14-16,23-24,31H,6-13,17-18H2,(H,32,36)(H,37,38). The van der Waals surface area contributed by atoms with E-state index in [2.05, 4.69) is 56.5 Å². The first-order chi connectivity index (χ1) is 20.5. The molecule has 2 atom stereocenters. The Kier molecular flexibility index (Phi) is 7.80. The van der Waals surface area contributed by atoms with E-state index in [0.717, 1.165) is 68.4 Å². The van der Waals surface area contributed by atoms with Gasteiger partial charge in [-0.1, -0.05) is 35.7 Å². The smallest absolute Gasteiger partial charge is 0.407 e. The van der Waals surface area contributed by atoms with Crippen LogP contribution in [0.25, 0.3) is 11.3 Å². The molecule has 4 aliphatic rings. The zero-order valence-corrected chi connectivity index (χ0v) is 24.7. The highest BCUT2D eigenvalue weighted by atomic mass is 32.2. The molecule has 220 valence electrons. The van der Waals surface area contributed by atoms with Crippen molar-refractivity contribution in [2.24, 2.45) is 0 Å². The molecule has 3 aromatic rings. The van der Waals surface area contributed by atoms with Crippen LogP contribution in [0.5, 0.6) is 0 Å². The van der Waals surface area contributed by atoms with Crippen LogP contribution in [0.3, 0.4) is 0 Å². The average Bonchev–Trinajstić information content (AvgIpc) is 3.44. The average molecular weight is 608 g/mol. The van der Waals surface area contributed by atoms with Gasteiger partial charge in [-0.3, -0.25) is 9.69 Å². The number of hydrogen-bond donors (Lipinski definition) is 3. The highest BCUT2D eigenvalue weighted by molar-refractivity contribution is 8.05. The van der Waals surface area contributed by atoms with E-state index in [1.807, 2.05) is 6.07 Å². The molecule has 0 spiro atoms. The fourth-order valence-corrected chi connectivity index (χ4v) is 8.57. The van der Waals surface area contributed by atoms with Crippen LogP contribution in [0, 0.1) is 0 Å². The maximum atomic E-state index is 12.7. The number of benzene rings is 2. The summed E-state index contributed by atoms with van der Waals surface area (Å²) in [7, 11) is 0. The summed E-state index contributed by atoms with van der Waals surface area (Å²) < 4.78 is 11.0. The fraction of sp³-hybridized carbons (Fsp3) is 0.400. The molecule has 0 saturated carbocycles. The van der Waals surface area contributed by atoms with Gasteiger partial charge in [0.05, 0.1) is 38.2 Å². The molecule has 5 heterocycles. The van der Waals surface area contributed by atoms with E-state index in [0.29, 0.717) is 39.5 Å². The third-order valence-electron chi connectivity index (χ3n) is 8.28. The Hall–Kier alpha value is -3.16. The second-order valence-corrected chi connectivity index (χ2v) is 13.0. The number of anilines is 2. The largest absolute Gasteiger partial charge is 0.465 e. The van der Waals surface area contributed by atoms with Gasteiger partial charge in [0.25, 0.3) is 0 Å². The van der Waals surface area contributed by atoms with Crippen molar-refractivity contribution in [3.63, 3.8) is 0 Å². The van der Waals surface area contributed by atoms with Crippen molar-refractivity contribution in [3.05, 3.63) is 58.9 Å². The predicted octanol–water partition coefficient (Wildman–Crippen LogP) is 3.97. The lowest BCUT2D eigenvalue weighted by Crippen LogP contribution is -2.51. The van der Waals surface area contributed by atoms with Crippen LogP contribution in [0.1, 0.15) is 0 Å². The SMILES string of the molecule is O=C(O)N1CC(Nc2ccc3c(c2)Sc2cccc(-c4cc(N5CCOCC5)cc(=O)[nH]4)c2S3)C(N2CCOCC2)C1. The van der Waals surface area contributed by atoms with Crippen molar-refractivity contribution in [2.45, 2.75) is 31.7 Å². The summed E-state index contributed by atoms with van der Waals surface area (Å²) in [5, 5.41) is 13.4. The number of likely N-dealkylation sites (tertiary alicyclic amines) is 1. The Labute approximate surface area is 252 Å². The molecule has 12 heteroatoms. The van der Waals surface area contributed by atoms with Crippen LogP contribution in [-0.4, -0.2) is 104 Å². The molecule has 2 aromatic carbocycles. The number of amides is 1. The van der Waals surface area contributed by atoms with E-state index in [9.17, 15) is 14.7 Å². The molecule has 42 heavy (non-hydrogen) atoms. The van der Waals surface area contributed by atoms with E-state index in [-0.39, 0.29) is 17.6 Å². The third-order valence-corrected chi connectivity index (χ3v) is 10.9. The molecule has 3 saturated heterocycles. The zero-order valence-electron chi connectivity index (χ0n) is 23.1. The second-order valence-electron chi connectivity index (χ2n) is 10.9. The van der Waals surface area contributed by atoms with Crippen molar-refractivity contribution >= 4 is 41.0 Å². The molecule has 1 aromatic heterocycles. The number of H-pyrrole nitrogens is 1. The molecule has 0 aliphatic carbocycles. The van der Waals surface area contributed by atoms with Crippen molar-refractivity contribution < 1.29 is 19.4 Å². The summed E-state index contributed by atoms with van der Waals surface area (Å²) in [5.41, 5.74) is 3.62. The van der Waals surface area contributed by atoms with E-state index < -0.39 is 6.09 Å². The van der Waals surface area contributed by atoms with E-state index in [1.165, 1.54) is 4.90 Å². The molecule has 0 radical (unpaired) electrons. The number of hydrogen-bond acceptors (Lipinski definition) is 9. The molecule has 4 aliphatic heterocycles. The molecule has 10 nitrogen and oxygen atoms in total. The van der Waals surface area contributed by atoms with E-state index in [4.69, 9.17) is 9.47 Å². The third kappa shape index (κ3) is 5.61. The minimum Gasteiger partial charge on any atom is -0.465 e. The topological polar surface area (TPSA) is 110 Å². The van der Waals surface area contributed by atoms with Crippen LogP contribution in [-0.2, 0) is 9.47 Å². The monoisotopic (exact) mass is 607 g/mol. The minimum atomic E-state index is -0.876. The predicted molar refractivity (Wildman–Crippen MR) is 163 cm³/mol. The van der Waals surface area contributed by atoms with Gasteiger partial charge >= 0.3 is 6.09 Å². The molecule has 0 bridgehead atoms. The first-order valence-electron chi connectivity index (χ1n) is 14.3. The number of rotatable bonds is 5. The minimum absolute atomic E-state index is 0.00653. The number of pyridine rings is 1. The molecule has 3 N–H and O–H groups in total. The number of ether oxygens (including phenoxy) is 2. The Morgan fingerprint density at radius 3 is 2.48 bits per heavy atom. The van der Waals surface area contributed by atoms with Gasteiger partial charge in [-0.2, -0.15) is 0 Å². The Balaban J connectivity index is 1.13. The van der Waals surface area contributed by atoms with Gasteiger partial charge in [-0.15, -0.1) is 0 Å². The summed E-state index contributed by atoms with van der Waals surface area (Å²) in [5.74, 6) is 0. The highest BCUT2D eigenvalue weighted by Gasteiger charge is 2.39. The maximum Gasteiger partial charge on any atom is 0.407 e. The Morgan fingerprint density at radius 2 is 1.69 bits per heavy atom. The number of fused-ring (bicyclic) bond motifs is 2. The number of carboxylic acid groups (broad SMARTS) is 1. The van der Waals surface area contributed by atoms with E-state index >= 15 is 0 Å². The van der Waals surface area contributed by atoms with E-state index in [1.54, 1.807) is 29.6 Å². The summed E-state index contributed by atoms with van der Waals surface area (Å²) >= 11 is 3.44. The Morgan fingerprint density at radius 1 is 0.905 bits per heavy atom. The number of aromatic amines is 1. The zero-order chi connectivity index (χ0) is 28.6. The maximum absolute atomic E-state index is 12.7. The number of nitrogens with zero attached hydrogens (tertiary/aromatic N) is 3. The van der Waals surface area contributed by atoms with Crippen molar-refractivity contribution in [2.75, 3.05) is 75.9 Å². The van der Waals surface area contributed by atoms with Gasteiger partial charge in [0, 0.05) is 87.9 Å². The van der Waals surface area contributed by atoms with Crippen LogP contribution in [0.4, 0.5) is 16.2 Å². The number of aromatic nitrogens is 1. The quantitative estimate of drug-likeness (QED) is 0.308. The van der Waals surface area contributed by atoms with Gasteiger partial charge in [0.15, 0.2) is 0 Å². The molecule has 7 rings (SSSR count). The molecule has 2 unspecified atom stereocenters. The van der Waals surface area contributed by atoms with Crippen molar-refractivity contribution in [1.82, 2.24) is 14.8 Å². The lowest BCUT2D eigenvalue weighted by Gasteiger charge is -2.35. The van der Waals surface area contributed by atoms with Crippen LogP contribution in [0.2, 0.25) is 0 Å². The first kappa shape index (κ1) is 27.7. The summed E-state index contributed by atoms with van der Waals surface area (Å²) in [4.78, 5) is 38.2. The first-order valence-corrected chi connectivity index (χ1v) is 15.9. The fourth-order valence-electron chi connectivity index (χ4n) is 6.16. The number of morpholine rings is 2. The lowest BCUT2D eigenvalue weighted by molar-refractivity contribution is 0.0172. The van der Waals surface area contributed by atoms with Gasteiger partial charge in [0.2, 0.25) is 5.56 Å². The van der Waals surface area contributed by atoms with Crippen LogP contribution >= 0.6 is 23.5 Å². The normalized spacial score (nSPS) is 22.5. The van der Waals surface area contributed by atoms with Crippen LogP contribution < -0.4 is 15.8 Å². The summed E-state index contributed by atoms with van der Waals surface area (Å²) in [6.45, 7) is 6.78. The van der Waals surface area contributed by atoms with Gasteiger partial charge < -0.3 is 34.7 Å². The van der Waals surface area contributed by atoms with Gasteiger partial charge in [-0.25, -0.2) is 4.79 Å². The summed E-state index contributed by atoms with van der Waals surface area (Å²) in [6.07, 6.45) is -0.876. The van der Waals surface area contributed by atoms with Gasteiger partial charge in [0.1, 0.15) is 0 Å².